The number of carbonyl (C=O) groups is 1. The number of aromatic carboxylic acids is 1. The number of H-pyrrole nitrogens is 1. The maximum atomic E-state index is 11.1. The van der Waals surface area contributed by atoms with Gasteiger partial charge in [-0.15, -0.1) is 0 Å². The molecule has 18 heavy (non-hydrogen) atoms. The van der Waals surface area contributed by atoms with Crippen LogP contribution in [0.25, 0.3) is 11.3 Å². The molecule has 6 nitrogen and oxygen atoms in total. The molecule has 94 valence electrons. The van der Waals surface area contributed by atoms with E-state index in [0.29, 0.717) is 22.0 Å². The van der Waals surface area contributed by atoms with Gasteiger partial charge in [-0.25, -0.2) is 4.79 Å². The standard InChI is InChI=1S/C11H10ClN3O3/c1-18-7-3-2-5(4-6(7)12)9-8(11(16)17)10(13)15-14-9/h2-4H,1H3,(H,16,17)(H3,13,14,15). The van der Waals surface area contributed by atoms with Gasteiger partial charge in [0.2, 0.25) is 0 Å². The Morgan fingerprint density at radius 2 is 2.28 bits per heavy atom. The summed E-state index contributed by atoms with van der Waals surface area (Å²) >= 11 is 5.98. The molecule has 1 aromatic heterocycles. The van der Waals surface area contributed by atoms with Gasteiger partial charge in [-0.05, 0) is 18.2 Å². The molecule has 0 aliphatic carbocycles. The van der Waals surface area contributed by atoms with Crippen molar-refractivity contribution in [2.24, 2.45) is 0 Å². The summed E-state index contributed by atoms with van der Waals surface area (Å²) in [5.74, 6) is -0.711. The molecule has 0 aliphatic heterocycles. The molecule has 0 saturated heterocycles. The molecule has 0 saturated carbocycles. The highest BCUT2D eigenvalue weighted by molar-refractivity contribution is 6.32. The van der Waals surface area contributed by atoms with Crippen LogP contribution in [0.4, 0.5) is 5.82 Å². The summed E-state index contributed by atoms with van der Waals surface area (Å²) in [6.07, 6.45) is 0. The number of benzene rings is 1. The number of carboxylic acid groups (broad SMARTS) is 1. The number of anilines is 1. The van der Waals surface area contributed by atoms with Gasteiger partial charge in [0, 0.05) is 5.56 Å². The third-order valence-electron chi connectivity index (χ3n) is 2.45. The minimum atomic E-state index is -1.15. The smallest absolute Gasteiger partial charge is 0.341 e. The number of rotatable bonds is 3. The van der Waals surface area contributed by atoms with Crippen LogP contribution in [0, 0.1) is 0 Å². The molecule has 0 fully saturated rings. The van der Waals surface area contributed by atoms with Gasteiger partial charge in [-0.2, -0.15) is 5.10 Å². The van der Waals surface area contributed by atoms with Crippen molar-refractivity contribution in [2.75, 3.05) is 12.8 Å². The average molecular weight is 268 g/mol. The van der Waals surface area contributed by atoms with E-state index >= 15 is 0 Å². The summed E-state index contributed by atoms with van der Waals surface area (Å²) in [6.45, 7) is 0. The molecule has 1 heterocycles. The highest BCUT2D eigenvalue weighted by Gasteiger charge is 2.19. The summed E-state index contributed by atoms with van der Waals surface area (Å²) < 4.78 is 5.02. The highest BCUT2D eigenvalue weighted by Crippen LogP contribution is 2.32. The van der Waals surface area contributed by atoms with Gasteiger partial charge < -0.3 is 15.6 Å². The normalized spacial score (nSPS) is 10.3. The number of nitrogens with one attached hydrogen (secondary N) is 1. The first-order valence-electron chi connectivity index (χ1n) is 4.95. The molecule has 7 heteroatoms. The zero-order valence-electron chi connectivity index (χ0n) is 9.40. The molecule has 0 bridgehead atoms. The molecule has 1 aromatic carbocycles. The zero-order valence-corrected chi connectivity index (χ0v) is 10.2. The molecule has 2 rings (SSSR count). The molecule has 2 aromatic rings. The molecule has 0 atom stereocenters. The topological polar surface area (TPSA) is 101 Å². The van der Waals surface area contributed by atoms with E-state index in [2.05, 4.69) is 10.2 Å². The van der Waals surface area contributed by atoms with Crippen LogP contribution in [0.2, 0.25) is 5.02 Å². The van der Waals surface area contributed by atoms with E-state index in [-0.39, 0.29) is 11.4 Å². The van der Waals surface area contributed by atoms with E-state index in [1.807, 2.05) is 0 Å². The third kappa shape index (κ3) is 1.98. The predicted molar refractivity (Wildman–Crippen MR) is 67.0 cm³/mol. The number of ether oxygens (including phenoxy) is 1. The maximum absolute atomic E-state index is 11.1. The molecule has 0 spiro atoms. The molecular formula is C11H10ClN3O3. The summed E-state index contributed by atoms with van der Waals surface area (Å²) in [5, 5.41) is 15.7. The van der Waals surface area contributed by atoms with Crippen molar-refractivity contribution >= 4 is 23.4 Å². The van der Waals surface area contributed by atoms with Gasteiger partial charge in [-0.1, -0.05) is 11.6 Å². The minimum absolute atomic E-state index is 0.0653. The number of nitrogens with two attached hydrogens (primary N) is 1. The number of methoxy groups -OCH3 is 1. The van der Waals surface area contributed by atoms with Crippen molar-refractivity contribution in [3.63, 3.8) is 0 Å². The third-order valence-corrected chi connectivity index (χ3v) is 2.74. The SMILES string of the molecule is COc1ccc(-c2[nH]nc(N)c2C(=O)O)cc1Cl. The summed E-state index contributed by atoms with van der Waals surface area (Å²) in [5.41, 5.74) is 6.30. The second kappa shape index (κ2) is 4.58. The fraction of sp³-hybridized carbons (Fsp3) is 0.0909. The lowest BCUT2D eigenvalue weighted by molar-refractivity contribution is 0.0699. The van der Waals surface area contributed by atoms with Crippen molar-refractivity contribution in [3.8, 4) is 17.0 Å². The van der Waals surface area contributed by atoms with Crippen LogP contribution < -0.4 is 10.5 Å². The number of nitrogen functional groups attached to an aromatic ring is 1. The van der Waals surface area contributed by atoms with E-state index in [1.54, 1.807) is 18.2 Å². The maximum Gasteiger partial charge on any atom is 0.341 e. The highest BCUT2D eigenvalue weighted by atomic mass is 35.5. The molecule has 0 amide bonds. The Morgan fingerprint density at radius 3 is 2.83 bits per heavy atom. The van der Waals surface area contributed by atoms with Crippen molar-refractivity contribution in [3.05, 3.63) is 28.8 Å². The first kappa shape index (κ1) is 12.3. The van der Waals surface area contributed by atoms with Crippen LogP contribution in [-0.2, 0) is 0 Å². The molecular weight excluding hydrogens is 258 g/mol. The summed E-state index contributed by atoms with van der Waals surface area (Å²) in [4.78, 5) is 11.1. The first-order chi connectivity index (χ1) is 8.54. The Labute approximate surface area is 107 Å². The van der Waals surface area contributed by atoms with Crippen LogP contribution in [0.1, 0.15) is 10.4 Å². The zero-order chi connectivity index (χ0) is 13.3. The van der Waals surface area contributed by atoms with Crippen LogP contribution in [0.15, 0.2) is 18.2 Å². The van der Waals surface area contributed by atoms with Crippen LogP contribution in [0.5, 0.6) is 5.75 Å². The summed E-state index contributed by atoms with van der Waals surface area (Å²) in [6, 6.07) is 4.89. The Kier molecular flexibility index (Phi) is 3.12. The number of aromatic amines is 1. The van der Waals surface area contributed by atoms with Gasteiger partial charge >= 0.3 is 5.97 Å². The molecule has 4 N–H and O–H groups in total. The fourth-order valence-electron chi connectivity index (χ4n) is 1.60. The van der Waals surface area contributed by atoms with Gasteiger partial charge in [0.1, 0.15) is 11.3 Å². The van der Waals surface area contributed by atoms with Crippen molar-refractivity contribution in [1.29, 1.82) is 0 Å². The number of carboxylic acids is 1. The van der Waals surface area contributed by atoms with Crippen LogP contribution in [0.3, 0.4) is 0 Å². The average Bonchev–Trinajstić information content (AvgIpc) is 2.71. The van der Waals surface area contributed by atoms with Gasteiger partial charge in [0.25, 0.3) is 0 Å². The number of hydrogen-bond donors (Lipinski definition) is 3. The van der Waals surface area contributed by atoms with E-state index in [4.69, 9.17) is 27.2 Å². The van der Waals surface area contributed by atoms with Crippen molar-refractivity contribution < 1.29 is 14.6 Å². The summed E-state index contributed by atoms with van der Waals surface area (Å²) in [7, 11) is 1.50. The van der Waals surface area contributed by atoms with E-state index in [0.717, 1.165) is 0 Å². The van der Waals surface area contributed by atoms with E-state index in [9.17, 15) is 4.79 Å². The Hall–Kier alpha value is -2.21. The van der Waals surface area contributed by atoms with Gasteiger partial charge in [-0.3, -0.25) is 5.10 Å². The first-order valence-corrected chi connectivity index (χ1v) is 5.33. The number of halogens is 1. The predicted octanol–water partition coefficient (Wildman–Crippen LogP) is 2.02. The lowest BCUT2D eigenvalue weighted by Crippen LogP contribution is -2.01. The number of hydrogen-bond acceptors (Lipinski definition) is 4. The van der Waals surface area contributed by atoms with Crippen molar-refractivity contribution in [2.45, 2.75) is 0 Å². The quantitative estimate of drug-likeness (QED) is 0.790. The second-order valence-electron chi connectivity index (χ2n) is 3.51. The fourth-order valence-corrected chi connectivity index (χ4v) is 1.86. The number of nitrogens with zero attached hydrogens (tertiary/aromatic N) is 1. The Bertz CT molecular complexity index is 610. The van der Waals surface area contributed by atoms with E-state index in [1.165, 1.54) is 7.11 Å². The lowest BCUT2D eigenvalue weighted by atomic mass is 10.1. The van der Waals surface area contributed by atoms with Crippen LogP contribution >= 0.6 is 11.6 Å². The minimum Gasteiger partial charge on any atom is -0.495 e. The lowest BCUT2D eigenvalue weighted by Gasteiger charge is -2.05. The monoisotopic (exact) mass is 267 g/mol. The van der Waals surface area contributed by atoms with Crippen molar-refractivity contribution in [1.82, 2.24) is 10.2 Å². The second-order valence-corrected chi connectivity index (χ2v) is 3.92. The molecule has 0 radical (unpaired) electrons. The van der Waals surface area contributed by atoms with Gasteiger partial charge in [0.05, 0.1) is 17.8 Å². The van der Waals surface area contributed by atoms with E-state index < -0.39 is 5.97 Å². The van der Waals surface area contributed by atoms with Gasteiger partial charge in [0.15, 0.2) is 5.82 Å². The molecule has 0 unspecified atom stereocenters. The molecule has 0 aliphatic rings. The van der Waals surface area contributed by atoms with Crippen LogP contribution in [-0.4, -0.2) is 28.4 Å². The largest absolute Gasteiger partial charge is 0.495 e. The Balaban J connectivity index is 2.56. The number of aromatic nitrogens is 2. The Morgan fingerprint density at radius 1 is 1.56 bits per heavy atom.